The molecule has 254 valence electrons. The molecule has 0 fully saturated rings. The van der Waals surface area contributed by atoms with E-state index in [0.29, 0.717) is 11.1 Å². The van der Waals surface area contributed by atoms with Gasteiger partial charge in [0, 0.05) is 49.1 Å². The molecule has 3 heterocycles. The monoisotopic (exact) mass is 699 g/mol. The Morgan fingerprint density at radius 3 is 1.51 bits per heavy atom. The number of benzene rings is 8. The number of rotatable bonds is 4. The van der Waals surface area contributed by atoms with Crippen molar-refractivity contribution in [3.05, 3.63) is 187 Å². The summed E-state index contributed by atoms with van der Waals surface area (Å²) in [5.41, 5.74) is 12.1. The maximum Gasteiger partial charge on any atom is 0.102 e. The summed E-state index contributed by atoms with van der Waals surface area (Å²) in [7, 11) is 0. The van der Waals surface area contributed by atoms with E-state index in [9.17, 15) is 10.5 Å². The Bertz CT molecular complexity index is 3420. The van der Waals surface area contributed by atoms with Crippen LogP contribution in [0.15, 0.2) is 176 Å². The second-order valence-electron chi connectivity index (χ2n) is 13.9. The third kappa shape index (κ3) is 4.33. The van der Waals surface area contributed by atoms with Gasteiger partial charge < -0.3 is 13.7 Å². The van der Waals surface area contributed by atoms with Gasteiger partial charge in [0.2, 0.25) is 0 Å². The van der Waals surface area contributed by atoms with E-state index in [-0.39, 0.29) is 0 Å². The van der Waals surface area contributed by atoms with Crippen molar-refractivity contribution >= 4 is 65.4 Å². The molecule has 0 unspecified atom stereocenters. The number of hydrogen-bond acceptors (Lipinski definition) is 2. The summed E-state index contributed by atoms with van der Waals surface area (Å²) in [5.74, 6) is 0. The summed E-state index contributed by atoms with van der Waals surface area (Å²) in [5, 5.41) is 27.8. The zero-order valence-corrected chi connectivity index (χ0v) is 29.5. The minimum atomic E-state index is 0.562. The van der Waals surface area contributed by atoms with Crippen molar-refractivity contribution in [1.29, 1.82) is 10.5 Å². The molecule has 0 atom stereocenters. The Kier molecular flexibility index (Phi) is 6.61. The lowest BCUT2D eigenvalue weighted by Gasteiger charge is -2.18. The van der Waals surface area contributed by atoms with Gasteiger partial charge in [0.15, 0.2) is 0 Å². The topological polar surface area (TPSA) is 62.4 Å². The van der Waals surface area contributed by atoms with Crippen molar-refractivity contribution in [3.63, 3.8) is 0 Å². The van der Waals surface area contributed by atoms with Gasteiger partial charge in [-0.1, -0.05) is 115 Å². The van der Waals surface area contributed by atoms with Crippen molar-refractivity contribution in [2.24, 2.45) is 0 Å². The Morgan fingerprint density at radius 1 is 0.345 bits per heavy atom. The molecule has 0 aliphatic carbocycles. The first kappa shape index (κ1) is 30.7. The normalized spacial score (nSPS) is 11.6. The van der Waals surface area contributed by atoms with Crippen molar-refractivity contribution in [2.75, 3.05) is 0 Å². The zero-order valence-electron chi connectivity index (χ0n) is 29.5. The van der Waals surface area contributed by atoms with Crippen LogP contribution in [0.4, 0.5) is 0 Å². The molecule has 0 N–H and O–H groups in total. The van der Waals surface area contributed by atoms with E-state index in [1.807, 2.05) is 54.6 Å². The van der Waals surface area contributed by atoms with Gasteiger partial charge in [0.25, 0.3) is 0 Å². The van der Waals surface area contributed by atoms with Gasteiger partial charge in [0.1, 0.15) is 6.07 Å². The third-order valence-electron chi connectivity index (χ3n) is 11.1. The molecule has 5 nitrogen and oxygen atoms in total. The SMILES string of the molecule is N#Cc1c(-c2ccccc2-n2c3ccccc3c3ccc(-n4c5ccccc5c5ccccc54)cc32)cccc1-n1c2ccccc2c2c(C#N)cccc21. The number of nitriles is 2. The molecule has 0 spiro atoms. The van der Waals surface area contributed by atoms with Gasteiger partial charge >= 0.3 is 0 Å². The highest BCUT2D eigenvalue weighted by Crippen LogP contribution is 2.41. The number of aromatic nitrogens is 3. The summed E-state index contributed by atoms with van der Waals surface area (Å²) in [6.07, 6.45) is 0. The first-order chi connectivity index (χ1) is 27.2. The van der Waals surface area contributed by atoms with Crippen LogP contribution in [0.1, 0.15) is 11.1 Å². The number of fused-ring (bicyclic) bond motifs is 9. The van der Waals surface area contributed by atoms with Crippen molar-refractivity contribution in [2.45, 2.75) is 0 Å². The standard InChI is InChI=1S/C50H29N5/c51-30-32-13-11-26-48-50(32)40-18-5-10-24-46(40)54(48)47-25-12-19-34(41(47)31-52)35-14-1-8-22-44(35)55-45-23-9-4-17-38(45)39-28-27-33(29-49(39)55)53-42-20-6-2-15-36(42)37-16-3-7-21-43(37)53/h1-29H. The van der Waals surface area contributed by atoms with Gasteiger partial charge in [-0.2, -0.15) is 10.5 Å². The number of nitrogens with zero attached hydrogens (tertiary/aromatic N) is 5. The highest BCUT2D eigenvalue weighted by molar-refractivity contribution is 6.14. The molecule has 3 aromatic heterocycles. The van der Waals surface area contributed by atoms with Gasteiger partial charge in [-0.3, -0.25) is 0 Å². The van der Waals surface area contributed by atoms with E-state index in [1.165, 1.54) is 10.8 Å². The molecule has 8 aromatic carbocycles. The van der Waals surface area contributed by atoms with Crippen LogP contribution in [0.5, 0.6) is 0 Å². The Balaban J connectivity index is 1.19. The van der Waals surface area contributed by atoms with Crippen molar-refractivity contribution < 1.29 is 0 Å². The lowest BCUT2D eigenvalue weighted by molar-refractivity contribution is 1.15. The van der Waals surface area contributed by atoms with E-state index < -0.39 is 0 Å². The molecule has 0 saturated heterocycles. The van der Waals surface area contributed by atoms with Gasteiger partial charge in [-0.05, 0) is 60.7 Å². The molecule has 0 aliphatic rings. The van der Waals surface area contributed by atoms with Crippen LogP contribution >= 0.6 is 0 Å². The fourth-order valence-electron chi connectivity index (χ4n) is 8.90. The summed E-state index contributed by atoms with van der Waals surface area (Å²) in [6, 6.07) is 65.9. The summed E-state index contributed by atoms with van der Waals surface area (Å²) >= 11 is 0. The van der Waals surface area contributed by atoms with Crippen LogP contribution in [0, 0.1) is 22.7 Å². The molecule has 0 saturated carbocycles. The lowest BCUT2D eigenvalue weighted by Crippen LogP contribution is -2.02. The van der Waals surface area contributed by atoms with Crippen molar-refractivity contribution in [3.8, 4) is 40.3 Å². The second kappa shape index (κ2) is 11.8. The molecular formula is C50H29N5. The molecule has 11 rings (SSSR count). The Labute approximate surface area is 316 Å². The van der Waals surface area contributed by atoms with E-state index in [2.05, 4.69) is 147 Å². The molecule has 55 heavy (non-hydrogen) atoms. The van der Waals surface area contributed by atoms with E-state index in [1.54, 1.807) is 0 Å². The zero-order chi connectivity index (χ0) is 36.6. The van der Waals surface area contributed by atoms with Crippen LogP contribution < -0.4 is 0 Å². The van der Waals surface area contributed by atoms with E-state index >= 15 is 0 Å². The second-order valence-corrected chi connectivity index (χ2v) is 13.9. The summed E-state index contributed by atoms with van der Waals surface area (Å²) in [6.45, 7) is 0. The van der Waals surface area contributed by atoms with Gasteiger partial charge in [-0.15, -0.1) is 0 Å². The first-order valence-electron chi connectivity index (χ1n) is 18.3. The first-order valence-corrected chi connectivity index (χ1v) is 18.3. The maximum absolute atomic E-state index is 11.1. The molecule has 0 aliphatic heterocycles. The van der Waals surface area contributed by atoms with Crippen LogP contribution in [-0.2, 0) is 0 Å². The average molecular weight is 700 g/mol. The summed E-state index contributed by atoms with van der Waals surface area (Å²) < 4.78 is 6.85. The Morgan fingerprint density at radius 2 is 0.836 bits per heavy atom. The van der Waals surface area contributed by atoms with Gasteiger partial charge in [-0.25, -0.2) is 0 Å². The minimum Gasteiger partial charge on any atom is -0.309 e. The molecular weight excluding hydrogens is 671 g/mol. The highest BCUT2D eigenvalue weighted by atomic mass is 15.0. The molecule has 11 aromatic rings. The van der Waals surface area contributed by atoms with E-state index in [0.717, 1.165) is 82.8 Å². The van der Waals surface area contributed by atoms with Crippen LogP contribution in [0.25, 0.3) is 93.6 Å². The smallest absolute Gasteiger partial charge is 0.102 e. The fourth-order valence-corrected chi connectivity index (χ4v) is 8.90. The predicted octanol–water partition coefficient (Wildman–Crippen LogP) is 12.4. The van der Waals surface area contributed by atoms with Crippen molar-refractivity contribution in [1.82, 2.24) is 13.7 Å². The van der Waals surface area contributed by atoms with Crippen LogP contribution in [0.2, 0.25) is 0 Å². The lowest BCUT2D eigenvalue weighted by atomic mass is 9.96. The highest BCUT2D eigenvalue weighted by Gasteiger charge is 2.22. The van der Waals surface area contributed by atoms with Gasteiger partial charge in [0.05, 0.1) is 61.7 Å². The fraction of sp³-hybridized carbons (Fsp3) is 0. The number of para-hydroxylation sites is 5. The summed E-state index contributed by atoms with van der Waals surface area (Å²) in [4.78, 5) is 0. The maximum atomic E-state index is 11.1. The average Bonchev–Trinajstić information content (AvgIpc) is 3.89. The largest absolute Gasteiger partial charge is 0.309 e. The number of hydrogen-bond donors (Lipinski definition) is 0. The molecule has 0 amide bonds. The van der Waals surface area contributed by atoms with E-state index in [4.69, 9.17) is 0 Å². The van der Waals surface area contributed by atoms with Crippen LogP contribution in [-0.4, -0.2) is 13.7 Å². The third-order valence-corrected chi connectivity index (χ3v) is 11.1. The minimum absolute atomic E-state index is 0.562. The van der Waals surface area contributed by atoms with Crippen LogP contribution in [0.3, 0.4) is 0 Å². The molecule has 0 radical (unpaired) electrons. The quantitative estimate of drug-likeness (QED) is 0.184. The Hall–Kier alpha value is -7.86. The molecule has 0 bridgehead atoms. The predicted molar refractivity (Wildman–Crippen MR) is 224 cm³/mol. The molecule has 5 heteroatoms.